The van der Waals surface area contributed by atoms with Crippen molar-refractivity contribution < 1.29 is 9.90 Å². The topological polar surface area (TPSA) is 43.8 Å². The Morgan fingerprint density at radius 1 is 1.13 bits per heavy atom. The number of carbonyl (C=O) groups excluding carboxylic acids is 1. The standard InChI is InChI=1S/C11H20N2O2/c14-9-10-5-4-8-13(10)11(15)12-6-2-1-3-7-12/h10,14H,1-9H2. The van der Waals surface area contributed by atoms with Crippen molar-refractivity contribution in [3.8, 4) is 0 Å². The van der Waals surface area contributed by atoms with Gasteiger partial charge in [-0.25, -0.2) is 4.79 Å². The van der Waals surface area contributed by atoms with Crippen molar-refractivity contribution in [2.24, 2.45) is 0 Å². The molecule has 2 rings (SSSR count). The van der Waals surface area contributed by atoms with Crippen molar-refractivity contribution >= 4 is 6.03 Å². The van der Waals surface area contributed by atoms with Gasteiger partial charge in [0.2, 0.25) is 0 Å². The van der Waals surface area contributed by atoms with E-state index in [1.807, 2.05) is 9.80 Å². The van der Waals surface area contributed by atoms with Crippen molar-refractivity contribution in [1.29, 1.82) is 0 Å². The second-order valence-electron chi connectivity index (χ2n) is 4.50. The molecule has 0 bridgehead atoms. The van der Waals surface area contributed by atoms with E-state index in [1.54, 1.807) is 0 Å². The summed E-state index contributed by atoms with van der Waals surface area (Å²) in [5, 5.41) is 9.17. The molecule has 0 aromatic heterocycles. The van der Waals surface area contributed by atoms with Gasteiger partial charge in [-0.05, 0) is 32.1 Å². The molecular weight excluding hydrogens is 192 g/mol. The molecule has 2 aliphatic rings. The molecule has 0 aromatic carbocycles. The summed E-state index contributed by atoms with van der Waals surface area (Å²) in [4.78, 5) is 15.9. The van der Waals surface area contributed by atoms with E-state index < -0.39 is 0 Å². The molecule has 4 nitrogen and oxygen atoms in total. The van der Waals surface area contributed by atoms with Gasteiger partial charge in [0, 0.05) is 19.6 Å². The van der Waals surface area contributed by atoms with Gasteiger partial charge in [-0.3, -0.25) is 0 Å². The number of likely N-dealkylation sites (tertiary alicyclic amines) is 2. The molecule has 0 aliphatic carbocycles. The Labute approximate surface area is 90.9 Å². The number of rotatable bonds is 1. The lowest BCUT2D eigenvalue weighted by molar-refractivity contribution is 0.119. The Kier molecular flexibility index (Phi) is 3.46. The van der Waals surface area contributed by atoms with Gasteiger partial charge in [0.1, 0.15) is 0 Å². The maximum absolute atomic E-state index is 12.1. The summed E-state index contributed by atoms with van der Waals surface area (Å²) in [5.74, 6) is 0. The zero-order valence-corrected chi connectivity index (χ0v) is 9.19. The van der Waals surface area contributed by atoms with E-state index in [0.717, 1.165) is 45.3 Å². The third-order valence-corrected chi connectivity index (χ3v) is 3.46. The van der Waals surface area contributed by atoms with Crippen LogP contribution in [0, 0.1) is 0 Å². The molecule has 1 atom stereocenters. The third-order valence-electron chi connectivity index (χ3n) is 3.46. The highest BCUT2D eigenvalue weighted by Crippen LogP contribution is 2.20. The summed E-state index contributed by atoms with van der Waals surface area (Å²) in [6.07, 6.45) is 5.49. The zero-order chi connectivity index (χ0) is 10.7. The molecular formula is C11H20N2O2. The Bertz CT molecular complexity index is 227. The van der Waals surface area contributed by atoms with Crippen molar-refractivity contribution in [2.75, 3.05) is 26.2 Å². The second-order valence-corrected chi connectivity index (χ2v) is 4.50. The van der Waals surface area contributed by atoms with Gasteiger partial charge < -0.3 is 14.9 Å². The minimum absolute atomic E-state index is 0.0689. The summed E-state index contributed by atoms with van der Waals surface area (Å²) in [7, 11) is 0. The number of amides is 2. The van der Waals surface area contributed by atoms with E-state index in [2.05, 4.69) is 0 Å². The minimum Gasteiger partial charge on any atom is -0.394 e. The smallest absolute Gasteiger partial charge is 0.320 e. The largest absolute Gasteiger partial charge is 0.394 e. The molecule has 1 N–H and O–H groups in total. The van der Waals surface area contributed by atoms with Crippen LogP contribution in [0.1, 0.15) is 32.1 Å². The van der Waals surface area contributed by atoms with Crippen molar-refractivity contribution in [1.82, 2.24) is 9.80 Å². The predicted molar refractivity (Wildman–Crippen MR) is 57.6 cm³/mol. The number of hydrogen-bond acceptors (Lipinski definition) is 2. The van der Waals surface area contributed by atoms with E-state index in [9.17, 15) is 9.90 Å². The van der Waals surface area contributed by atoms with Crippen LogP contribution in [0.15, 0.2) is 0 Å². The molecule has 2 heterocycles. The Morgan fingerprint density at radius 3 is 2.53 bits per heavy atom. The number of aliphatic hydroxyl groups excluding tert-OH is 1. The second kappa shape index (κ2) is 4.84. The number of nitrogens with zero attached hydrogens (tertiary/aromatic N) is 2. The number of urea groups is 1. The first kappa shape index (κ1) is 10.7. The molecule has 0 radical (unpaired) electrons. The lowest BCUT2D eigenvalue weighted by Gasteiger charge is -2.33. The van der Waals surface area contributed by atoms with Crippen LogP contribution in [0.5, 0.6) is 0 Å². The van der Waals surface area contributed by atoms with Crippen LogP contribution in [-0.2, 0) is 0 Å². The maximum Gasteiger partial charge on any atom is 0.320 e. The Hall–Kier alpha value is -0.770. The molecule has 0 saturated carbocycles. The highest BCUT2D eigenvalue weighted by Gasteiger charge is 2.31. The normalized spacial score (nSPS) is 27.1. The Morgan fingerprint density at radius 2 is 1.87 bits per heavy atom. The molecule has 0 spiro atoms. The lowest BCUT2D eigenvalue weighted by Crippen LogP contribution is -2.48. The van der Waals surface area contributed by atoms with Crippen LogP contribution in [0.4, 0.5) is 4.79 Å². The van der Waals surface area contributed by atoms with E-state index in [0.29, 0.717) is 0 Å². The van der Waals surface area contributed by atoms with Crippen LogP contribution in [0.3, 0.4) is 0 Å². The molecule has 1 unspecified atom stereocenters. The SMILES string of the molecule is O=C(N1CCCCC1)N1CCCC1CO. The van der Waals surface area contributed by atoms with Crippen LogP contribution < -0.4 is 0 Å². The third kappa shape index (κ3) is 2.25. The molecule has 4 heteroatoms. The van der Waals surface area contributed by atoms with Crippen LogP contribution >= 0.6 is 0 Å². The first-order valence-electron chi connectivity index (χ1n) is 5.99. The van der Waals surface area contributed by atoms with Gasteiger partial charge >= 0.3 is 6.03 Å². The Balaban J connectivity index is 1.93. The number of aliphatic hydroxyl groups is 1. The molecule has 2 saturated heterocycles. The van der Waals surface area contributed by atoms with Crippen molar-refractivity contribution in [3.05, 3.63) is 0 Å². The van der Waals surface area contributed by atoms with Gasteiger partial charge in [-0.1, -0.05) is 0 Å². The predicted octanol–water partition coefficient (Wildman–Crippen LogP) is 1.05. The number of piperidine rings is 1. The fourth-order valence-electron chi connectivity index (χ4n) is 2.54. The fraction of sp³-hybridized carbons (Fsp3) is 0.909. The summed E-state index contributed by atoms with van der Waals surface area (Å²) >= 11 is 0. The summed E-state index contributed by atoms with van der Waals surface area (Å²) in [6.45, 7) is 2.72. The van der Waals surface area contributed by atoms with E-state index in [1.165, 1.54) is 6.42 Å². The van der Waals surface area contributed by atoms with Gasteiger partial charge in [0.15, 0.2) is 0 Å². The number of hydrogen-bond donors (Lipinski definition) is 1. The maximum atomic E-state index is 12.1. The molecule has 86 valence electrons. The molecule has 15 heavy (non-hydrogen) atoms. The quantitative estimate of drug-likeness (QED) is 0.706. The number of carbonyl (C=O) groups is 1. The summed E-state index contributed by atoms with van der Waals surface area (Å²) in [6, 6.07) is 0.214. The first-order chi connectivity index (χ1) is 7.33. The van der Waals surface area contributed by atoms with Crippen molar-refractivity contribution in [3.63, 3.8) is 0 Å². The highest BCUT2D eigenvalue weighted by atomic mass is 16.3. The summed E-state index contributed by atoms with van der Waals surface area (Å²) in [5.41, 5.74) is 0. The zero-order valence-electron chi connectivity index (χ0n) is 9.19. The minimum atomic E-state index is 0.0689. The molecule has 2 amide bonds. The van der Waals surface area contributed by atoms with E-state index in [4.69, 9.17) is 0 Å². The van der Waals surface area contributed by atoms with Crippen LogP contribution in [0.25, 0.3) is 0 Å². The highest BCUT2D eigenvalue weighted by molar-refractivity contribution is 5.75. The average Bonchev–Trinajstić information content (AvgIpc) is 2.77. The molecule has 2 aliphatic heterocycles. The van der Waals surface area contributed by atoms with Crippen LogP contribution in [0.2, 0.25) is 0 Å². The van der Waals surface area contributed by atoms with Gasteiger partial charge in [-0.2, -0.15) is 0 Å². The summed E-state index contributed by atoms with van der Waals surface area (Å²) < 4.78 is 0. The van der Waals surface area contributed by atoms with E-state index in [-0.39, 0.29) is 18.7 Å². The lowest BCUT2D eigenvalue weighted by atomic mass is 10.1. The molecule has 2 fully saturated rings. The molecule has 0 aromatic rings. The fourth-order valence-corrected chi connectivity index (χ4v) is 2.54. The monoisotopic (exact) mass is 212 g/mol. The first-order valence-corrected chi connectivity index (χ1v) is 5.99. The van der Waals surface area contributed by atoms with Gasteiger partial charge in [-0.15, -0.1) is 0 Å². The van der Waals surface area contributed by atoms with Crippen molar-refractivity contribution in [2.45, 2.75) is 38.1 Å². The van der Waals surface area contributed by atoms with Gasteiger partial charge in [0.25, 0.3) is 0 Å². The van der Waals surface area contributed by atoms with E-state index >= 15 is 0 Å². The van der Waals surface area contributed by atoms with Crippen LogP contribution in [-0.4, -0.2) is 53.2 Å². The van der Waals surface area contributed by atoms with Gasteiger partial charge in [0.05, 0.1) is 12.6 Å². The average molecular weight is 212 g/mol.